The van der Waals surface area contributed by atoms with Crippen molar-refractivity contribution in [3.05, 3.63) is 267 Å². The smallest absolute Gasteiger partial charge is 0.269 e. The summed E-state index contributed by atoms with van der Waals surface area (Å²) >= 11 is 0. The Kier molecular flexibility index (Phi) is 7.59. The molecule has 0 atom stereocenters. The summed E-state index contributed by atoms with van der Waals surface area (Å²) in [7, 11) is 0. The third kappa shape index (κ3) is 6.96. The summed E-state index contributed by atoms with van der Waals surface area (Å²) in [6.07, 6.45) is 5.41. The first-order valence-corrected chi connectivity index (χ1v) is 23.5. The van der Waals surface area contributed by atoms with Gasteiger partial charge in [-0.15, -0.1) is 0 Å². The molecule has 14 aromatic rings. The minimum atomic E-state index is -0.560. The van der Waals surface area contributed by atoms with E-state index in [1.165, 1.54) is 6.07 Å². The molecule has 0 bridgehead atoms. The van der Waals surface area contributed by atoms with Gasteiger partial charge in [-0.2, -0.15) is 0 Å². The predicted molar refractivity (Wildman–Crippen MR) is 293 cm³/mol. The lowest BCUT2D eigenvalue weighted by atomic mass is 9.98. The molecule has 0 N–H and O–H groups in total. The van der Waals surface area contributed by atoms with E-state index >= 15 is 0 Å². The molecule has 0 spiro atoms. The third-order valence-corrected chi connectivity index (χ3v) is 13.3. The van der Waals surface area contributed by atoms with Gasteiger partial charge < -0.3 is 9.30 Å². The lowest BCUT2D eigenvalue weighted by Crippen LogP contribution is -2.29. The van der Waals surface area contributed by atoms with Crippen LogP contribution in [0.1, 0.15) is 13.7 Å². The molecule has 72 heavy (non-hydrogen) atoms. The highest BCUT2D eigenvalue weighted by molar-refractivity contribution is 6.14. The standard InChI is InChI=1S/C66H43N5O/c1-4-18-45(19-5-1)48-38-49(46-20-6-2-7-21-46)40-52(39-48)69-44-68(62-32-14-15-33-63(62)69)50-24-16-25-53(41-50)72-54-35-36-58-56-26-10-13-31-61(56)71(64(58)42-54)65-37-34-51(43-67-65)70-60-30-12-11-27-57(60)59-29-17-28-55(66(59)70)47-22-8-3-9-23-47/h1-43H/i1D,2D,4D,5D,6D,7D,18D,19D,20D,21D. The number of ether oxygens (including phenoxy) is 1. The molecule has 4 aromatic heterocycles. The minimum absolute atomic E-state index is 0.114. The van der Waals surface area contributed by atoms with Crippen molar-refractivity contribution in [2.24, 2.45) is 0 Å². The number of pyridine rings is 1. The minimum Gasteiger partial charge on any atom is -0.458 e. The van der Waals surface area contributed by atoms with E-state index in [1.807, 2.05) is 89.6 Å². The molecule has 0 radical (unpaired) electrons. The number of imidazole rings is 1. The summed E-state index contributed by atoms with van der Waals surface area (Å²) in [6, 6.07) is 58.7. The fraction of sp³-hybridized carbons (Fsp3) is 0. The van der Waals surface area contributed by atoms with E-state index < -0.39 is 60.4 Å². The number of para-hydroxylation sites is 5. The summed E-state index contributed by atoms with van der Waals surface area (Å²) in [4.78, 5) is 5.19. The Morgan fingerprint density at radius 3 is 1.79 bits per heavy atom. The van der Waals surface area contributed by atoms with E-state index in [1.54, 1.807) is 16.7 Å². The van der Waals surface area contributed by atoms with Crippen LogP contribution >= 0.6 is 0 Å². The van der Waals surface area contributed by atoms with Crippen molar-refractivity contribution in [3.8, 4) is 67.8 Å². The van der Waals surface area contributed by atoms with Crippen LogP contribution in [0.2, 0.25) is 0 Å². The highest BCUT2D eigenvalue weighted by atomic mass is 16.5. The number of nitrogens with zero attached hydrogens (tertiary/aromatic N) is 5. The molecule has 0 amide bonds. The van der Waals surface area contributed by atoms with Gasteiger partial charge in [0, 0.05) is 33.2 Å². The molecule has 0 aliphatic rings. The molecule has 0 saturated carbocycles. The molecule has 0 aliphatic heterocycles. The Labute approximate surface area is 429 Å². The van der Waals surface area contributed by atoms with Crippen molar-refractivity contribution in [2.45, 2.75) is 0 Å². The van der Waals surface area contributed by atoms with Crippen molar-refractivity contribution >= 4 is 54.6 Å². The topological polar surface area (TPSA) is 40.8 Å². The van der Waals surface area contributed by atoms with Crippen molar-refractivity contribution in [1.29, 1.82) is 0 Å². The first kappa shape index (κ1) is 32.1. The Balaban J connectivity index is 0.856. The van der Waals surface area contributed by atoms with Gasteiger partial charge in [0.15, 0.2) is 0 Å². The molecule has 14 rings (SSSR count). The van der Waals surface area contributed by atoms with Crippen molar-refractivity contribution in [2.75, 3.05) is 0 Å². The average Bonchev–Trinajstić information content (AvgIpc) is 4.10. The third-order valence-electron chi connectivity index (χ3n) is 13.3. The summed E-state index contributed by atoms with van der Waals surface area (Å²) in [5.74, 6) is 1.86. The van der Waals surface area contributed by atoms with Crippen LogP contribution in [0.25, 0.3) is 111 Å². The second kappa shape index (κ2) is 17.0. The zero-order chi connectivity index (χ0) is 56.2. The van der Waals surface area contributed by atoms with Gasteiger partial charge in [-0.1, -0.05) is 176 Å². The molecule has 4 heterocycles. The Hall–Kier alpha value is -9.78. The number of fused-ring (bicyclic) bond motifs is 7. The summed E-state index contributed by atoms with van der Waals surface area (Å²) < 4.78 is 101. The van der Waals surface area contributed by atoms with Gasteiger partial charge in [-0.25, -0.2) is 4.98 Å². The number of rotatable bonds is 9. The van der Waals surface area contributed by atoms with Crippen LogP contribution in [0, 0.1) is 6.33 Å². The SMILES string of the molecule is [2H]c1c([2H])c([2H])c(-c2cc(-c3c([2H])c([2H])c([2H])c([2H])c3[2H])cc(-[n+]3[c-]n(-c4cccc(Oc5ccc6c7ccccc7n(-c7ccc(-n8c9ccccc9c9cccc(-c%10ccccc%10)c98)cn7)c6c5)c4)c4ccccc43)c2)c([2H])c1[2H]. The molecule has 0 aliphatic carbocycles. The van der Waals surface area contributed by atoms with Gasteiger partial charge >= 0.3 is 0 Å². The first-order valence-electron chi connectivity index (χ1n) is 28.5. The molecule has 10 aromatic carbocycles. The fourth-order valence-electron chi connectivity index (χ4n) is 10.1. The fourth-order valence-corrected chi connectivity index (χ4v) is 10.1. The Bertz CT molecular complexity index is 4830. The second-order valence-electron chi connectivity index (χ2n) is 17.5. The van der Waals surface area contributed by atoms with Crippen LogP contribution in [0.5, 0.6) is 11.5 Å². The van der Waals surface area contributed by atoms with E-state index in [-0.39, 0.29) is 22.3 Å². The van der Waals surface area contributed by atoms with Crippen LogP contribution in [0.15, 0.2) is 261 Å². The average molecular weight is 932 g/mol. The van der Waals surface area contributed by atoms with E-state index in [2.05, 4.69) is 113 Å². The maximum atomic E-state index is 8.90. The van der Waals surface area contributed by atoms with Crippen LogP contribution in [0.4, 0.5) is 0 Å². The normalized spacial score (nSPS) is 13.6. The lowest BCUT2D eigenvalue weighted by molar-refractivity contribution is -0.572. The monoisotopic (exact) mass is 931 g/mol. The number of benzene rings is 10. The maximum Gasteiger partial charge on any atom is 0.269 e. The van der Waals surface area contributed by atoms with E-state index in [9.17, 15) is 0 Å². The number of hydrogen-bond acceptors (Lipinski definition) is 2. The molecule has 6 heteroatoms. The van der Waals surface area contributed by atoms with Gasteiger partial charge in [-0.3, -0.25) is 13.7 Å². The van der Waals surface area contributed by atoms with E-state index in [0.29, 0.717) is 28.4 Å². The molecular formula is C66H43N5O. The predicted octanol–water partition coefficient (Wildman–Crippen LogP) is 16.1. The molecule has 0 saturated heterocycles. The van der Waals surface area contributed by atoms with Gasteiger partial charge in [0.25, 0.3) is 6.33 Å². The van der Waals surface area contributed by atoms with Crippen molar-refractivity contribution in [1.82, 2.24) is 18.7 Å². The van der Waals surface area contributed by atoms with Crippen LogP contribution in [-0.4, -0.2) is 18.7 Å². The van der Waals surface area contributed by atoms with Gasteiger partial charge in [0.05, 0.1) is 70.1 Å². The molecular weight excluding hydrogens is 879 g/mol. The first-order chi connectivity index (χ1) is 39.8. The second-order valence-corrected chi connectivity index (χ2v) is 17.5. The largest absolute Gasteiger partial charge is 0.458 e. The van der Waals surface area contributed by atoms with Crippen molar-refractivity contribution in [3.63, 3.8) is 0 Å². The lowest BCUT2D eigenvalue weighted by Gasteiger charge is -2.13. The zero-order valence-corrected chi connectivity index (χ0v) is 38.2. The number of aromatic nitrogens is 5. The Morgan fingerprint density at radius 2 is 1.06 bits per heavy atom. The highest BCUT2D eigenvalue weighted by Crippen LogP contribution is 2.40. The van der Waals surface area contributed by atoms with Crippen LogP contribution in [-0.2, 0) is 0 Å². The van der Waals surface area contributed by atoms with Crippen molar-refractivity contribution < 1.29 is 23.0 Å². The molecule has 0 unspecified atom stereocenters. The number of hydrogen-bond donors (Lipinski definition) is 0. The van der Waals surface area contributed by atoms with E-state index in [4.69, 9.17) is 23.4 Å². The summed E-state index contributed by atoms with van der Waals surface area (Å²) in [5.41, 5.74) is 9.83. The maximum absolute atomic E-state index is 8.90. The van der Waals surface area contributed by atoms with Crippen LogP contribution < -0.4 is 9.30 Å². The Morgan fingerprint density at radius 1 is 0.431 bits per heavy atom. The molecule has 6 nitrogen and oxygen atoms in total. The van der Waals surface area contributed by atoms with Crippen LogP contribution in [0.3, 0.4) is 0 Å². The quantitative estimate of drug-likeness (QED) is 0.107. The highest BCUT2D eigenvalue weighted by Gasteiger charge is 2.20. The summed E-state index contributed by atoms with van der Waals surface area (Å²) in [5, 5.41) is 4.42. The zero-order valence-electron chi connectivity index (χ0n) is 48.2. The van der Waals surface area contributed by atoms with E-state index in [0.717, 1.165) is 71.8 Å². The van der Waals surface area contributed by atoms with Gasteiger partial charge in [-0.05, 0) is 101 Å². The summed E-state index contributed by atoms with van der Waals surface area (Å²) in [6.45, 7) is 0. The molecule has 338 valence electrons. The molecule has 0 fully saturated rings. The van der Waals surface area contributed by atoms with Gasteiger partial charge in [0.1, 0.15) is 17.3 Å². The van der Waals surface area contributed by atoms with Gasteiger partial charge in [0.2, 0.25) is 0 Å².